The van der Waals surface area contributed by atoms with Crippen molar-refractivity contribution >= 4 is 37.6 Å². The number of nitrogens with zero attached hydrogens (tertiary/aromatic N) is 1. The predicted molar refractivity (Wildman–Crippen MR) is 82.6 cm³/mol. The number of rotatable bonds is 4. The molecule has 0 unspecified atom stereocenters. The highest BCUT2D eigenvalue weighted by Crippen LogP contribution is 2.38. The van der Waals surface area contributed by atoms with Crippen molar-refractivity contribution in [3.05, 3.63) is 50.7 Å². The largest absolute Gasteiger partial charge is 0.495 e. The predicted octanol–water partition coefficient (Wildman–Crippen LogP) is 3.85. The summed E-state index contributed by atoms with van der Waals surface area (Å²) < 4.78 is 11.7. The molecular weight excluding hydrogens is 390 g/mol. The van der Waals surface area contributed by atoms with Gasteiger partial charge in [-0.2, -0.15) is 0 Å². The molecule has 6 heteroatoms. The molecule has 104 valence electrons. The number of benzene rings is 1. The maximum atomic E-state index is 12.6. The zero-order valence-corrected chi connectivity index (χ0v) is 14.0. The van der Waals surface area contributed by atoms with Crippen molar-refractivity contribution < 1.29 is 14.3 Å². The number of hydrogen-bond acceptors (Lipinski definition) is 4. The number of ketones is 1. The monoisotopic (exact) mass is 399 g/mol. The zero-order valence-electron chi connectivity index (χ0n) is 10.8. The van der Waals surface area contributed by atoms with Crippen LogP contribution in [0.3, 0.4) is 0 Å². The van der Waals surface area contributed by atoms with E-state index in [1.165, 1.54) is 7.11 Å². The van der Waals surface area contributed by atoms with Crippen LogP contribution in [0, 0.1) is 0 Å². The van der Waals surface area contributed by atoms with Gasteiger partial charge in [-0.15, -0.1) is 0 Å². The lowest BCUT2D eigenvalue weighted by molar-refractivity contribution is 0.103. The molecule has 0 saturated heterocycles. The van der Waals surface area contributed by atoms with E-state index in [4.69, 9.17) is 9.47 Å². The molecule has 0 aliphatic carbocycles. The topological polar surface area (TPSA) is 48.4 Å². The Labute approximate surface area is 133 Å². The van der Waals surface area contributed by atoms with E-state index in [9.17, 15) is 4.79 Å². The first-order valence-corrected chi connectivity index (χ1v) is 7.24. The standard InChI is InChI=1S/C14H11Br2NO3/c1-19-10-6-5-8(14(20-2)11(10)16)13(18)12-9(15)4-3-7-17-12/h3-7H,1-2H3. The van der Waals surface area contributed by atoms with Crippen LogP contribution in [-0.4, -0.2) is 25.0 Å². The van der Waals surface area contributed by atoms with Gasteiger partial charge in [-0.25, -0.2) is 0 Å². The summed E-state index contributed by atoms with van der Waals surface area (Å²) >= 11 is 6.70. The van der Waals surface area contributed by atoms with Gasteiger partial charge in [-0.3, -0.25) is 9.78 Å². The molecule has 0 fully saturated rings. The smallest absolute Gasteiger partial charge is 0.216 e. The molecule has 0 atom stereocenters. The van der Waals surface area contributed by atoms with Crippen molar-refractivity contribution in [2.75, 3.05) is 14.2 Å². The van der Waals surface area contributed by atoms with Gasteiger partial charge in [0.2, 0.25) is 5.78 Å². The Morgan fingerprint density at radius 2 is 1.90 bits per heavy atom. The van der Waals surface area contributed by atoms with E-state index in [-0.39, 0.29) is 5.78 Å². The molecule has 1 aromatic carbocycles. The third kappa shape index (κ3) is 2.71. The summed E-state index contributed by atoms with van der Waals surface area (Å²) in [6.07, 6.45) is 1.57. The maximum absolute atomic E-state index is 12.6. The van der Waals surface area contributed by atoms with Gasteiger partial charge >= 0.3 is 0 Å². The minimum atomic E-state index is -0.224. The lowest BCUT2D eigenvalue weighted by Gasteiger charge is -2.12. The molecule has 1 aromatic heterocycles. The van der Waals surface area contributed by atoms with E-state index in [1.807, 2.05) is 0 Å². The van der Waals surface area contributed by atoms with Gasteiger partial charge in [-0.05, 0) is 56.1 Å². The van der Waals surface area contributed by atoms with Gasteiger partial charge in [0.25, 0.3) is 0 Å². The van der Waals surface area contributed by atoms with Crippen molar-refractivity contribution in [3.8, 4) is 11.5 Å². The van der Waals surface area contributed by atoms with Gasteiger partial charge < -0.3 is 9.47 Å². The second kappa shape index (κ2) is 6.37. The number of ether oxygens (including phenoxy) is 2. The van der Waals surface area contributed by atoms with Crippen LogP contribution in [-0.2, 0) is 0 Å². The molecule has 2 aromatic rings. The summed E-state index contributed by atoms with van der Waals surface area (Å²) in [7, 11) is 3.06. The van der Waals surface area contributed by atoms with Gasteiger partial charge in [0.1, 0.15) is 21.7 Å². The number of carbonyl (C=O) groups excluding carboxylic acids is 1. The van der Waals surface area contributed by atoms with Crippen molar-refractivity contribution in [2.45, 2.75) is 0 Å². The highest BCUT2D eigenvalue weighted by molar-refractivity contribution is 9.11. The maximum Gasteiger partial charge on any atom is 0.216 e. The fourth-order valence-electron chi connectivity index (χ4n) is 1.75. The van der Waals surface area contributed by atoms with Crippen molar-refractivity contribution in [3.63, 3.8) is 0 Å². The van der Waals surface area contributed by atoms with Crippen LogP contribution in [0.5, 0.6) is 11.5 Å². The van der Waals surface area contributed by atoms with Gasteiger partial charge in [0, 0.05) is 10.7 Å². The Bertz CT molecular complexity index is 659. The second-order valence-corrected chi connectivity index (χ2v) is 5.47. The summed E-state index contributed by atoms with van der Waals surface area (Å²) in [6.45, 7) is 0. The Morgan fingerprint density at radius 3 is 2.50 bits per heavy atom. The van der Waals surface area contributed by atoms with E-state index in [2.05, 4.69) is 36.8 Å². The first-order valence-electron chi connectivity index (χ1n) is 5.65. The fraction of sp³-hybridized carbons (Fsp3) is 0.143. The number of halogens is 2. The number of carbonyl (C=O) groups is 1. The van der Waals surface area contributed by atoms with Crippen molar-refractivity contribution in [2.24, 2.45) is 0 Å². The van der Waals surface area contributed by atoms with E-state index in [0.29, 0.717) is 31.7 Å². The average molecular weight is 401 g/mol. The zero-order chi connectivity index (χ0) is 14.7. The molecule has 2 rings (SSSR count). The third-order valence-electron chi connectivity index (χ3n) is 2.70. The van der Waals surface area contributed by atoms with Crippen LogP contribution < -0.4 is 9.47 Å². The summed E-state index contributed by atoms with van der Waals surface area (Å²) in [5, 5.41) is 0. The van der Waals surface area contributed by atoms with Crippen LogP contribution in [0.4, 0.5) is 0 Å². The normalized spacial score (nSPS) is 10.2. The first-order chi connectivity index (χ1) is 9.60. The minimum Gasteiger partial charge on any atom is -0.495 e. The van der Waals surface area contributed by atoms with Crippen LogP contribution >= 0.6 is 31.9 Å². The van der Waals surface area contributed by atoms with Crippen LogP contribution in [0.25, 0.3) is 0 Å². The second-order valence-electron chi connectivity index (χ2n) is 3.83. The summed E-state index contributed by atoms with van der Waals surface area (Å²) in [5.74, 6) is 0.795. The summed E-state index contributed by atoms with van der Waals surface area (Å²) in [5.41, 5.74) is 0.752. The van der Waals surface area contributed by atoms with Crippen LogP contribution in [0.2, 0.25) is 0 Å². The lowest BCUT2D eigenvalue weighted by Crippen LogP contribution is -2.07. The Kier molecular flexibility index (Phi) is 4.77. The lowest BCUT2D eigenvalue weighted by atomic mass is 10.1. The molecule has 0 spiro atoms. The summed E-state index contributed by atoms with van der Waals surface area (Å²) in [6, 6.07) is 6.88. The van der Waals surface area contributed by atoms with E-state index in [0.717, 1.165) is 0 Å². The minimum absolute atomic E-state index is 0.224. The molecule has 0 amide bonds. The van der Waals surface area contributed by atoms with Crippen molar-refractivity contribution in [1.82, 2.24) is 4.98 Å². The van der Waals surface area contributed by atoms with Crippen LogP contribution in [0.1, 0.15) is 16.1 Å². The fourth-order valence-corrected chi connectivity index (χ4v) is 2.86. The van der Waals surface area contributed by atoms with Gasteiger partial charge in [-0.1, -0.05) is 0 Å². The molecule has 0 saturated carbocycles. The quantitative estimate of drug-likeness (QED) is 0.731. The molecule has 0 aliphatic heterocycles. The average Bonchev–Trinajstić information content (AvgIpc) is 2.46. The highest BCUT2D eigenvalue weighted by atomic mass is 79.9. The number of methoxy groups -OCH3 is 2. The van der Waals surface area contributed by atoms with Crippen molar-refractivity contribution in [1.29, 1.82) is 0 Å². The Morgan fingerprint density at radius 1 is 1.15 bits per heavy atom. The highest BCUT2D eigenvalue weighted by Gasteiger charge is 2.21. The molecule has 0 bridgehead atoms. The SMILES string of the molecule is COc1ccc(C(=O)c2ncccc2Br)c(OC)c1Br. The first kappa shape index (κ1) is 15.0. The molecular formula is C14H11Br2NO3. The van der Waals surface area contributed by atoms with E-state index in [1.54, 1.807) is 37.6 Å². The third-order valence-corrected chi connectivity index (χ3v) is 4.09. The van der Waals surface area contributed by atoms with E-state index >= 15 is 0 Å². The number of pyridine rings is 1. The molecule has 1 heterocycles. The van der Waals surface area contributed by atoms with Gasteiger partial charge in [0.05, 0.1) is 19.8 Å². The van der Waals surface area contributed by atoms with E-state index < -0.39 is 0 Å². The molecule has 0 aliphatic rings. The molecule has 20 heavy (non-hydrogen) atoms. The molecule has 0 N–H and O–H groups in total. The Balaban J connectivity index is 2.56. The van der Waals surface area contributed by atoms with Gasteiger partial charge in [0.15, 0.2) is 0 Å². The molecule has 4 nitrogen and oxygen atoms in total. The van der Waals surface area contributed by atoms with Crippen LogP contribution in [0.15, 0.2) is 39.4 Å². The molecule has 0 radical (unpaired) electrons. The Hall–Kier alpha value is -1.40. The summed E-state index contributed by atoms with van der Waals surface area (Å²) in [4.78, 5) is 16.7. The number of hydrogen-bond donors (Lipinski definition) is 0. The number of aromatic nitrogens is 1.